The second kappa shape index (κ2) is 7.69. The Morgan fingerprint density at radius 2 is 1.89 bits per heavy atom. The number of hydrogen-bond acceptors (Lipinski definition) is 6. The molecule has 8 heteroatoms. The summed E-state index contributed by atoms with van der Waals surface area (Å²) >= 11 is 0. The van der Waals surface area contributed by atoms with Crippen LogP contribution in [0.1, 0.15) is 17.3 Å². The predicted molar refractivity (Wildman–Crippen MR) is 99.3 cm³/mol. The number of amides is 1. The van der Waals surface area contributed by atoms with Crippen molar-refractivity contribution in [3.63, 3.8) is 0 Å². The number of hydrogen-bond donors (Lipinski definition) is 1. The zero-order chi connectivity index (χ0) is 19.4. The molecule has 0 radical (unpaired) electrons. The summed E-state index contributed by atoms with van der Waals surface area (Å²) < 4.78 is 10.9. The number of para-hydroxylation sites is 1. The molecule has 3 aromatic rings. The maximum Gasteiger partial charge on any atom is 0.413 e. The lowest BCUT2D eigenvalue weighted by molar-refractivity contribution is 0.0601. The third kappa shape index (κ3) is 3.64. The van der Waals surface area contributed by atoms with E-state index in [2.05, 4.69) is 10.3 Å². The molecule has 0 fully saturated rings. The monoisotopic (exact) mass is 367 g/mol. The minimum atomic E-state index is -0.738. The van der Waals surface area contributed by atoms with Gasteiger partial charge in [0.25, 0.3) is 5.56 Å². The number of esters is 1. The lowest BCUT2D eigenvalue weighted by Gasteiger charge is -2.14. The quantitative estimate of drug-likeness (QED) is 0.712. The summed E-state index contributed by atoms with van der Waals surface area (Å²) in [5.41, 5.74) is 0.633. The van der Waals surface area contributed by atoms with Crippen LogP contribution >= 0.6 is 0 Å². The zero-order valence-electron chi connectivity index (χ0n) is 14.8. The van der Waals surface area contributed by atoms with Crippen molar-refractivity contribution >= 4 is 28.9 Å². The third-order valence-corrected chi connectivity index (χ3v) is 3.79. The minimum absolute atomic E-state index is 0.0147. The zero-order valence-corrected chi connectivity index (χ0v) is 14.8. The second-order valence-corrected chi connectivity index (χ2v) is 5.48. The highest BCUT2D eigenvalue weighted by Gasteiger charge is 2.17. The Morgan fingerprint density at radius 1 is 1.15 bits per heavy atom. The Bertz CT molecular complexity index is 1060. The summed E-state index contributed by atoms with van der Waals surface area (Å²) in [5.74, 6) is -0.565. The van der Waals surface area contributed by atoms with Crippen molar-refractivity contribution in [1.82, 2.24) is 9.55 Å². The van der Waals surface area contributed by atoms with Crippen molar-refractivity contribution in [2.24, 2.45) is 0 Å². The molecule has 2 aromatic carbocycles. The number of benzene rings is 2. The lowest BCUT2D eigenvalue weighted by atomic mass is 10.1. The first-order chi connectivity index (χ1) is 13.0. The van der Waals surface area contributed by atoms with Gasteiger partial charge in [0.05, 0.1) is 35.9 Å². The molecule has 8 nitrogen and oxygen atoms in total. The smallest absolute Gasteiger partial charge is 0.413 e. The maximum atomic E-state index is 13.1. The molecule has 27 heavy (non-hydrogen) atoms. The van der Waals surface area contributed by atoms with Crippen LogP contribution in [0.3, 0.4) is 0 Å². The first-order valence-corrected chi connectivity index (χ1v) is 8.19. The Kier molecular flexibility index (Phi) is 5.16. The van der Waals surface area contributed by atoms with E-state index in [4.69, 9.17) is 9.47 Å². The Hall–Kier alpha value is -3.68. The van der Waals surface area contributed by atoms with E-state index < -0.39 is 17.6 Å². The standard InChI is InChI=1S/C19H17N3O5/c1-3-27-19(25)21-18-20-15-11-12(17(24)26-2)9-10-14(15)16(23)22(18)13-7-5-4-6-8-13/h4-11H,3H2,1-2H3,(H,20,21,25). The van der Waals surface area contributed by atoms with E-state index in [0.29, 0.717) is 11.1 Å². The summed E-state index contributed by atoms with van der Waals surface area (Å²) in [4.78, 5) is 41.1. The van der Waals surface area contributed by atoms with E-state index >= 15 is 0 Å². The number of fused-ring (bicyclic) bond motifs is 1. The van der Waals surface area contributed by atoms with Crippen LogP contribution in [-0.2, 0) is 9.47 Å². The normalized spacial score (nSPS) is 10.4. The molecule has 0 bridgehead atoms. The summed E-state index contributed by atoms with van der Waals surface area (Å²) in [6, 6.07) is 13.2. The number of nitrogens with zero attached hydrogens (tertiary/aromatic N) is 2. The van der Waals surface area contributed by atoms with Gasteiger partial charge in [-0.2, -0.15) is 0 Å². The van der Waals surface area contributed by atoms with Gasteiger partial charge in [0.15, 0.2) is 0 Å². The molecule has 1 heterocycles. The van der Waals surface area contributed by atoms with Crippen molar-refractivity contribution in [2.45, 2.75) is 6.92 Å². The van der Waals surface area contributed by atoms with Gasteiger partial charge in [0.2, 0.25) is 5.95 Å². The predicted octanol–water partition coefficient (Wildman–Crippen LogP) is 2.74. The average Bonchev–Trinajstić information content (AvgIpc) is 2.68. The van der Waals surface area contributed by atoms with E-state index in [0.717, 1.165) is 0 Å². The van der Waals surface area contributed by atoms with E-state index in [1.165, 1.54) is 29.9 Å². The van der Waals surface area contributed by atoms with Gasteiger partial charge in [-0.05, 0) is 37.3 Å². The number of rotatable bonds is 4. The van der Waals surface area contributed by atoms with Gasteiger partial charge in [0, 0.05) is 0 Å². The van der Waals surface area contributed by atoms with Crippen LogP contribution < -0.4 is 10.9 Å². The first kappa shape index (κ1) is 18.1. The van der Waals surface area contributed by atoms with E-state index in [1.54, 1.807) is 31.2 Å². The Labute approximate surface area is 154 Å². The molecule has 1 N–H and O–H groups in total. The highest BCUT2D eigenvalue weighted by atomic mass is 16.5. The fourth-order valence-corrected chi connectivity index (χ4v) is 2.59. The molecule has 0 unspecified atom stereocenters. The summed E-state index contributed by atoms with van der Waals surface area (Å²) in [7, 11) is 1.26. The van der Waals surface area contributed by atoms with Gasteiger partial charge in [-0.15, -0.1) is 0 Å². The van der Waals surface area contributed by atoms with Crippen LogP contribution in [-0.4, -0.2) is 35.3 Å². The Balaban J connectivity index is 2.24. The number of carbonyl (C=O) groups excluding carboxylic acids is 2. The minimum Gasteiger partial charge on any atom is -0.465 e. The summed E-state index contributed by atoms with van der Waals surface area (Å²) in [6.07, 6.45) is -0.738. The molecule has 0 atom stereocenters. The summed E-state index contributed by atoms with van der Waals surface area (Å²) in [6.45, 7) is 1.84. The fourth-order valence-electron chi connectivity index (χ4n) is 2.59. The van der Waals surface area contributed by atoms with Crippen molar-refractivity contribution in [3.8, 4) is 5.69 Å². The third-order valence-electron chi connectivity index (χ3n) is 3.79. The average molecular weight is 367 g/mol. The van der Waals surface area contributed by atoms with Gasteiger partial charge in [-0.25, -0.2) is 19.1 Å². The number of anilines is 1. The van der Waals surface area contributed by atoms with Crippen LogP contribution in [0.5, 0.6) is 0 Å². The van der Waals surface area contributed by atoms with Gasteiger partial charge in [-0.1, -0.05) is 18.2 Å². The highest BCUT2D eigenvalue weighted by Crippen LogP contribution is 2.18. The molecule has 0 aliphatic heterocycles. The van der Waals surface area contributed by atoms with Crippen molar-refractivity contribution in [2.75, 3.05) is 19.0 Å². The molecule has 0 saturated heterocycles. The molecular formula is C19H17N3O5. The van der Waals surface area contributed by atoms with Crippen LogP contribution in [0, 0.1) is 0 Å². The van der Waals surface area contributed by atoms with E-state index in [1.807, 2.05) is 6.07 Å². The van der Waals surface area contributed by atoms with E-state index in [-0.39, 0.29) is 23.6 Å². The SMILES string of the molecule is CCOC(=O)Nc1nc2cc(C(=O)OC)ccc2c(=O)n1-c1ccccc1. The fraction of sp³-hybridized carbons (Fsp3) is 0.158. The van der Waals surface area contributed by atoms with Gasteiger partial charge in [-0.3, -0.25) is 10.1 Å². The molecule has 0 aliphatic carbocycles. The molecule has 1 aromatic heterocycles. The van der Waals surface area contributed by atoms with Crippen LogP contribution in [0.15, 0.2) is 53.3 Å². The number of nitrogens with one attached hydrogen (secondary N) is 1. The molecule has 3 rings (SSSR count). The first-order valence-electron chi connectivity index (χ1n) is 8.19. The maximum absolute atomic E-state index is 13.1. The van der Waals surface area contributed by atoms with Gasteiger partial charge < -0.3 is 9.47 Å². The van der Waals surface area contributed by atoms with Crippen LogP contribution in [0.4, 0.5) is 10.7 Å². The highest BCUT2D eigenvalue weighted by molar-refractivity contribution is 5.94. The number of carbonyl (C=O) groups is 2. The number of ether oxygens (including phenoxy) is 2. The van der Waals surface area contributed by atoms with Gasteiger partial charge >= 0.3 is 12.1 Å². The van der Waals surface area contributed by atoms with Crippen LogP contribution in [0.2, 0.25) is 0 Å². The van der Waals surface area contributed by atoms with Crippen molar-refractivity contribution in [1.29, 1.82) is 0 Å². The van der Waals surface area contributed by atoms with Crippen molar-refractivity contribution in [3.05, 3.63) is 64.4 Å². The molecular weight excluding hydrogens is 350 g/mol. The van der Waals surface area contributed by atoms with Gasteiger partial charge in [0.1, 0.15) is 0 Å². The molecule has 0 spiro atoms. The lowest BCUT2D eigenvalue weighted by Crippen LogP contribution is -2.26. The molecule has 0 aliphatic rings. The molecule has 1 amide bonds. The summed E-state index contributed by atoms with van der Waals surface area (Å²) in [5, 5.41) is 2.77. The number of aromatic nitrogens is 2. The Morgan fingerprint density at radius 3 is 2.56 bits per heavy atom. The largest absolute Gasteiger partial charge is 0.465 e. The topological polar surface area (TPSA) is 99.5 Å². The van der Waals surface area contributed by atoms with Crippen LogP contribution in [0.25, 0.3) is 16.6 Å². The number of methoxy groups -OCH3 is 1. The molecule has 0 saturated carbocycles. The second-order valence-electron chi connectivity index (χ2n) is 5.48. The molecule has 138 valence electrons. The van der Waals surface area contributed by atoms with Crippen molar-refractivity contribution < 1.29 is 19.1 Å². The van der Waals surface area contributed by atoms with E-state index in [9.17, 15) is 14.4 Å².